The number of carbonyl (C=O) groups is 3. The SMILES string of the molecule is COC(=O)Nc1ccc2c(c1)NC(=O)CC/C=C\C[C@H](NC(=O)/C=C/c1c(C(F)(F)F)ccc(Cl)c1F)c1nc-2c(Cl)[nH]1. The maximum absolute atomic E-state index is 14.5. The van der Waals surface area contributed by atoms with Gasteiger partial charge in [-0.1, -0.05) is 35.4 Å². The first-order valence-corrected chi connectivity index (χ1v) is 13.4. The lowest BCUT2D eigenvalue weighted by molar-refractivity contribution is -0.138. The Kier molecular flexibility index (Phi) is 9.77. The number of allylic oxidation sites excluding steroid dienone is 1. The smallest absolute Gasteiger partial charge is 0.417 e. The summed E-state index contributed by atoms with van der Waals surface area (Å²) in [5, 5.41) is 7.44. The molecule has 0 saturated heterocycles. The summed E-state index contributed by atoms with van der Waals surface area (Å²) in [7, 11) is 1.20. The van der Waals surface area contributed by atoms with Crippen LogP contribution in [0.15, 0.2) is 48.6 Å². The number of methoxy groups -OCH3 is 1. The van der Waals surface area contributed by atoms with Crippen LogP contribution in [0.25, 0.3) is 17.3 Å². The summed E-state index contributed by atoms with van der Waals surface area (Å²) in [5.41, 5.74) is -0.964. The third-order valence-corrected chi connectivity index (χ3v) is 6.79. The van der Waals surface area contributed by atoms with Gasteiger partial charge in [-0.05, 0) is 49.2 Å². The number of fused-ring (bicyclic) bond motifs is 4. The van der Waals surface area contributed by atoms with E-state index in [-0.39, 0.29) is 41.1 Å². The van der Waals surface area contributed by atoms with Crippen LogP contribution in [-0.2, 0) is 20.5 Å². The molecule has 3 amide bonds. The van der Waals surface area contributed by atoms with E-state index in [4.69, 9.17) is 23.2 Å². The van der Waals surface area contributed by atoms with Crippen LogP contribution in [0.3, 0.4) is 0 Å². The van der Waals surface area contributed by atoms with E-state index in [1.165, 1.54) is 13.2 Å². The van der Waals surface area contributed by atoms with Gasteiger partial charge >= 0.3 is 12.3 Å². The predicted molar refractivity (Wildman–Crippen MR) is 153 cm³/mol. The van der Waals surface area contributed by atoms with E-state index < -0.39 is 46.2 Å². The van der Waals surface area contributed by atoms with Gasteiger partial charge in [0.25, 0.3) is 0 Å². The van der Waals surface area contributed by atoms with Crippen LogP contribution in [0.2, 0.25) is 10.2 Å². The van der Waals surface area contributed by atoms with Crippen LogP contribution in [-0.4, -0.2) is 35.0 Å². The predicted octanol–water partition coefficient (Wildman–Crippen LogP) is 7.27. The Bertz CT molecular complexity index is 1620. The van der Waals surface area contributed by atoms with Crippen molar-refractivity contribution in [2.24, 2.45) is 0 Å². The largest absolute Gasteiger partial charge is 0.453 e. The molecule has 15 heteroatoms. The third-order valence-electron chi connectivity index (χ3n) is 6.22. The zero-order chi connectivity index (χ0) is 31.3. The lowest BCUT2D eigenvalue weighted by Crippen LogP contribution is -2.27. The molecular formula is C28H23Cl2F4N5O4. The fraction of sp³-hybridized carbons (Fsp3) is 0.214. The van der Waals surface area contributed by atoms with Crippen molar-refractivity contribution in [2.45, 2.75) is 31.5 Å². The first-order valence-electron chi connectivity index (χ1n) is 12.6. The van der Waals surface area contributed by atoms with Crippen LogP contribution in [0.5, 0.6) is 0 Å². The van der Waals surface area contributed by atoms with E-state index in [0.717, 1.165) is 12.1 Å². The van der Waals surface area contributed by atoms with Crippen LogP contribution in [0, 0.1) is 5.82 Å². The normalized spacial score (nSPS) is 16.3. The summed E-state index contributed by atoms with van der Waals surface area (Å²) in [6.07, 6.45) is -0.125. The molecule has 1 atom stereocenters. The van der Waals surface area contributed by atoms with Gasteiger partial charge in [0.2, 0.25) is 11.8 Å². The Labute approximate surface area is 252 Å². The molecule has 1 aromatic heterocycles. The number of alkyl halides is 3. The lowest BCUT2D eigenvalue weighted by atomic mass is 10.1. The molecule has 0 radical (unpaired) electrons. The number of rotatable bonds is 4. The number of imidazole rings is 1. The zero-order valence-electron chi connectivity index (χ0n) is 22.2. The van der Waals surface area contributed by atoms with Crippen LogP contribution < -0.4 is 16.0 Å². The number of hydrogen-bond acceptors (Lipinski definition) is 5. The van der Waals surface area contributed by atoms with Crippen LogP contribution in [0.4, 0.5) is 33.7 Å². The monoisotopic (exact) mass is 639 g/mol. The van der Waals surface area contributed by atoms with Crippen molar-refractivity contribution in [3.8, 4) is 11.3 Å². The molecule has 0 unspecified atom stereocenters. The summed E-state index contributed by atoms with van der Waals surface area (Å²) in [4.78, 5) is 44.5. The quantitative estimate of drug-likeness (QED) is 0.136. The molecule has 9 nitrogen and oxygen atoms in total. The number of hydrogen-bond donors (Lipinski definition) is 4. The second kappa shape index (κ2) is 13.3. The Morgan fingerprint density at radius 3 is 2.65 bits per heavy atom. The Morgan fingerprint density at radius 1 is 1.16 bits per heavy atom. The number of ether oxygens (including phenoxy) is 1. The Balaban J connectivity index is 1.67. The Hall–Kier alpha value is -4.36. The molecule has 0 aliphatic carbocycles. The number of halogens is 6. The maximum Gasteiger partial charge on any atom is 0.417 e. The van der Waals surface area contributed by atoms with E-state index in [2.05, 4.69) is 30.7 Å². The minimum atomic E-state index is -4.89. The first-order chi connectivity index (χ1) is 20.4. The number of aromatic amines is 1. The molecule has 0 fully saturated rings. The third kappa shape index (κ3) is 7.73. The average Bonchev–Trinajstić information content (AvgIpc) is 3.33. The minimum Gasteiger partial charge on any atom is -0.453 e. The van der Waals surface area contributed by atoms with Crippen molar-refractivity contribution < 1.29 is 36.7 Å². The molecule has 0 saturated carbocycles. The number of anilines is 2. The molecule has 2 heterocycles. The summed E-state index contributed by atoms with van der Waals surface area (Å²) < 4.78 is 59.4. The van der Waals surface area contributed by atoms with Gasteiger partial charge in [0.05, 0.1) is 29.4 Å². The molecule has 4 rings (SSSR count). The second-order valence-corrected chi connectivity index (χ2v) is 9.96. The van der Waals surface area contributed by atoms with Gasteiger partial charge < -0.3 is 20.4 Å². The molecule has 2 aromatic carbocycles. The van der Waals surface area contributed by atoms with Crippen LogP contribution in [0.1, 0.15) is 42.3 Å². The van der Waals surface area contributed by atoms with Crippen molar-refractivity contribution >= 4 is 58.6 Å². The van der Waals surface area contributed by atoms with Gasteiger partial charge in [-0.25, -0.2) is 14.2 Å². The summed E-state index contributed by atoms with van der Waals surface area (Å²) in [6.45, 7) is 0. The molecule has 2 bridgehead atoms. The summed E-state index contributed by atoms with van der Waals surface area (Å²) in [5.74, 6) is -2.29. The van der Waals surface area contributed by atoms with Crippen molar-refractivity contribution in [1.82, 2.24) is 15.3 Å². The standard InChI is InChI=1S/C28H23Cl2F4N5O4/c1-43-27(42)35-14-7-8-16-20(13-14)37-21(40)6-4-2-3-5-19(26-38-24(16)25(30)39-26)36-22(41)12-9-15-17(28(32,33)34)10-11-18(29)23(15)31/h2-3,7-13,19H,4-6H2,1H3,(H,35,42)(H,36,41)(H,37,40)(H,38,39)/b3-2-,12-9+/t19-/m0/s1. The molecule has 43 heavy (non-hydrogen) atoms. The minimum absolute atomic E-state index is 0.0609. The van der Waals surface area contributed by atoms with Gasteiger partial charge in [0.1, 0.15) is 22.5 Å². The van der Waals surface area contributed by atoms with Crippen molar-refractivity contribution in [1.29, 1.82) is 0 Å². The molecule has 1 aliphatic heterocycles. The average molecular weight is 640 g/mol. The highest BCUT2D eigenvalue weighted by Crippen LogP contribution is 2.37. The van der Waals surface area contributed by atoms with E-state index in [9.17, 15) is 31.9 Å². The highest BCUT2D eigenvalue weighted by Gasteiger charge is 2.34. The summed E-state index contributed by atoms with van der Waals surface area (Å²) >= 11 is 12.1. The van der Waals surface area contributed by atoms with Gasteiger partial charge in [-0.3, -0.25) is 14.9 Å². The van der Waals surface area contributed by atoms with Crippen LogP contribution >= 0.6 is 23.2 Å². The van der Waals surface area contributed by atoms with Crippen molar-refractivity contribution in [2.75, 3.05) is 17.7 Å². The number of carbonyl (C=O) groups excluding carboxylic acids is 3. The highest BCUT2D eigenvalue weighted by atomic mass is 35.5. The van der Waals surface area contributed by atoms with Gasteiger partial charge in [-0.2, -0.15) is 13.2 Å². The molecule has 3 aromatic rings. The number of amides is 3. The molecule has 4 N–H and O–H groups in total. The van der Waals surface area contributed by atoms with E-state index in [1.54, 1.807) is 24.3 Å². The number of benzene rings is 2. The molecule has 226 valence electrons. The fourth-order valence-electron chi connectivity index (χ4n) is 4.18. The maximum atomic E-state index is 14.5. The molecular weight excluding hydrogens is 617 g/mol. The number of nitrogens with zero attached hydrogens (tertiary/aromatic N) is 1. The van der Waals surface area contributed by atoms with Crippen molar-refractivity contribution in [3.63, 3.8) is 0 Å². The summed E-state index contributed by atoms with van der Waals surface area (Å²) in [6, 6.07) is 5.17. The number of aromatic nitrogens is 2. The number of H-pyrrole nitrogens is 1. The first kappa shape index (κ1) is 31.6. The molecule has 1 aliphatic rings. The van der Waals surface area contributed by atoms with Gasteiger partial charge in [0, 0.05) is 29.3 Å². The Morgan fingerprint density at radius 2 is 1.93 bits per heavy atom. The van der Waals surface area contributed by atoms with Gasteiger partial charge in [0.15, 0.2) is 0 Å². The number of nitrogens with one attached hydrogen (secondary N) is 4. The van der Waals surface area contributed by atoms with Crippen molar-refractivity contribution in [3.05, 3.63) is 81.5 Å². The second-order valence-electron chi connectivity index (χ2n) is 9.17. The highest BCUT2D eigenvalue weighted by molar-refractivity contribution is 6.32. The topological polar surface area (TPSA) is 125 Å². The van der Waals surface area contributed by atoms with E-state index in [0.29, 0.717) is 29.8 Å². The fourth-order valence-corrected chi connectivity index (χ4v) is 4.59. The van der Waals surface area contributed by atoms with E-state index in [1.807, 2.05) is 0 Å². The lowest BCUT2D eigenvalue weighted by Gasteiger charge is -2.14. The zero-order valence-corrected chi connectivity index (χ0v) is 23.8. The molecule has 0 spiro atoms. The van der Waals surface area contributed by atoms with Gasteiger partial charge in [-0.15, -0.1) is 0 Å². The van der Waals surface area contributed by atoms with E-state index >= 15 is 0 Å².